The topological polar surface area (TPSA) is 23.6 Å². The summed E-state index contributed by atoms with van der Waals surface area (Å²) < 4.78 is 0. The molecule has 0 saturated carbocycles. The summed E-state index contributed by atoms with van der Waals surface area (Å²) in [6, 6.07) is 0.239. The minimum absolute atomic E-state index is 0.239. The van der Waals surface area contributed by atoms with E-state index in [4.69, 9.17) is 0 Å². The van der Waals surface area contributed by atoms with Crippen molar-refractivity contribution in [1.29, 1.82) is 0 Å². The monoisotopic (exact) mass is 284 g/mol. The van der Waals surface area contributed by atoms with E-state index in [2.05, 4.69) is 27.7 Å². The average molecular weight is 284 g/mol. The zero-order valence-corrected chi connectivity index (χ0v) is 14.3. The Morgan fingerprint density at radius 3 is 1.35 bits per heavy atom. The van der Waals surface area contributed by atoms with Crippen molar-refractivity contribution < 1.29 is 4.79 Å². The van der Waals surface area contributed by atoms with Crippen LogP contribution in [0.3, 0.4) is 0 Å². The van der Waals surface area contributed by atoms with Crippen LogP contribution in [0.2, 0.25) is 0 Å². The lowest BCUT2D eigenvalue weighted by Crippen LogP contribution is -2.43. The molecule has 0 heterocycles. The minimum atomic E-state index is 0.239. The fourth-order valence-electron chi connectivity index (χ4n) is 2.44. The maximum Gasteiger partial charge on any atom is 0.319 e. The second kappa shape index (κ2) is 13.3. The lowest BCUT2D eigenvalue weighted by Gasteiger charge is -2.29. The Kier molecular flexibility index (Phi) is 12.8. The van der Waals surface area contributed by atoms with Gasteiger partial charge in [0.25, 0.3) is 0 Å². The van der Waals surface area contributed by atoms with Gasteiger partial charge in [0.15, 0.2) is 0 Å². The predicted octanol–water partition coefficient (Wildman–Crippen LogP) is 4.91. The van der Waals surface area contributed by atoms with E-state index in [0.717, 1.165) is 39.0 Å². The maximum absolute atomic E-state index is 12.5. The van der Waals surface area contributed by atoms with E-state index in [0.29, 0.717) is 0 Å². The first-order valence-corrected chi connectivity index (χ1v) is 8.74. The Morgan fingerprint density at radius 1 is 0.650 bits per heavy atom. The van der Waals surface area contributed by atoms with Gasteiger partial charge in [-0.1, -0.05) is 52.4 Å². The molecule has 20 heavy (non-hydrogen) atoms. The molecule has 3 nitrogen and oxygen atoms in total. The van der Waals surface area contributed by atoms with Crippen molar-refractivity contribution in [3.05, 3.63) is 0 Å². The third-order valence-electron chi connectivity index (χ3n) is 3.87. The molecular formula is C17H36N2O. The number of hydrogen-bond donors (Lipinski definition) is 0. The van der Waals surface area contributed by atoms with E-state index in [1.165, 1.54) is 38.5 Å². The molecule has 120 valence electrons. The van der Waals surface area contributed by atoms with Gasteiger partial charge >= 0.3 is 6.03 Å². The van der Waals surface area contributed by atoms with Crippen molar-refractivity contribution in [2.75, 3.05) is 26.2 Å². The zero-order valence-electron chi connectivity index (χ0n) is 14.3. The van der Waals surface area contributed by atoms with Crippen LogP contribution in [0.15, 0.2) is 0 Å². The molecule has 3 heteroatoms. The van der Waals surface area contributed by atoms with Crippen molar-refractivity contribution in [2.45, 2.75) is 79.1 Å². The number of nitrogens with zero attached hydrogens (tertiary/aromatic N) is 2. The minimum Gasteiger partial charge on any atom is -0.325 e. The lowest BCUT2D eigenvalue weighted by molar-refractivity contribution is 0.155. The van der Waals surface area contributed by atoms with E-state index < -0.39 is 0 Å². The number of carbonyl (C=O) groups excluding carboxylic acids is 1. The zero-order chi connectivity index (χ0) is 15.2. The standard InChI is InChI=1S/C17H36N2O/c1-5-9-11-13-15-18(7-3)17(20)19(8-4)16-14-12-10-6-2/h5-16H2,1-4H3. The van der Waals surface area contributed by atoms with Crippen LogP contribution >= 0.6 is 0 Å². The Balaban J connectivity index is 4.10. The Morgan fingerprint density at radius 2 is 1.05 bits per heavy atom. The third kappa shape index (κ3) is 8.44. The van der Waals surface area contributed by atoms with Crippen LogP contribution in [0.1, 0.15) is 79.1 Å². The second-order valence-electron chi connectivity index (χ2n) is 5.56. The molecule has 0 aromatic heterocycles. The van der Waals surface area contributed by atoms with Gasteiger partial charge in [-0.3, -0.25) is 0 Å². The van der Waals surface area contributed by atoms with E-state index in [1.54, 1.807) is 0 Å². The van der Waals surface area contributed by atoms with Gasteiger partial charge in [0.2, 0.25) is 0 Å². The smallest absolute Gasteiger partial charge is 0.319 e. The van der Waals surface area contributed by atoms with Crippen LogP contribution in [-0.2, 0) is 0 Å². The first-order chi connectivity index (χ1) is 9.71. The molecule has 0 radical (unpaired) electrons. The molecule has 0 saturated heterocycles. The van der Waals surface area contributed by atoms with Crippen LogP contribution in [0.25, 0.3) is 0 Å². The maximum atomic E-state index is 12.5. The molecule has 0 rings (SSSR count). The summed E-state index contributed by atoms with van der Waals surface area (Å²) in [6.07, 6.45) is 9.81. The number of amides is 2. The van der Waals surface area contributed by atoms with Crippen LogP contribution in [0.4, 0.5) is 4.79 Å². The molecule has 0 fully saturated rings. The van der Waals surface area contributed by atoms with E-state index in [1.807, 2.05) is 9.80 Å². The summed E-state index contributed by atoms with van der Waals surface area (Å²) in [5.74, 6) is 0. The molecule has 0 N–H and O–H groups in total. The largest absolute Gasteiger partial charge is 0.325 e. The molecule has 0 spiro atoms. The van der Waals surface area contributed by atoms with Gasteiger partial charge in [-0.05, 0) is 26.7 Å². The molecule has 0 atom stereocenters. The highest BCUT2D eigenvalue weighted by molar-refractivity contribution is 5.74. The first kappa shape index (κ1) is 19.3. The van der Waals surface area contributed by atoms with Crippen molar-refractivity contribution in [3.8, 4) is 0 Å². The molecule has 0 unspecified atom stereocenters. The van der Waals surface area contributed by atoms with Crippen molar-refractivity contribution >= 4 is 6.03 Å². The lowest BCUT2D eigenvalue weighted by atomic mass is 10.2. The van der Waals surface area contributed by atoms with Gasteiger partial charge in [0.05, 0.1) is 0 Å². The Bertz CT molecular complexity index is 209. The van der Waals surface area contributed by atoms with Gasteiger partial charge in [0.1, 0.15) is 0 Å². The molecule has 0 bridgehead atoms. The summed E-state index contributed by atoms with van der Waals surface area (Å²) >= 11 is 0. The fourth-order valence-corrected chi connectivity index (χ4v) is 2.44. The van der Waals surface area contributed by atoms with E-state index in [-0.39, 0.29) is 6.03 Å². The molecule has 0 aromatic rings. The summed E-state index contributed by atoms with van der Waals surface area (Å²) in [5.41, 5.74) is 0. The van der Waals surface area contributed by atoms with Crippen LogP contribution < -0.4 is 0 Å². The van der Waals surface area contributed by atoms with Crippen LogP contribution in [-0.4, -0.2) is 42.0 Å². The highest BCUT2D eigenvalue weighted by Crippen LogP contribution is 2.07. The second-order valence-corrected chi connectivity index (χ2v) is 5.56. The quantitative estimate of drug-likeness (QED) is 0.467. The first-order valence-electron chi connectivity index (χ1n) is 8.74. The summed E-state index contributed by atoms with van der Waals surface area (Å²) in [4.78, 5) is 16.5. The van der Waals surface area contributed by atoms with Gasteiger partial charge < -0.3 is 9.80 Å². The highest BCUT2D eigenvalue weighted by Gasteiger charge is 2.17. The van der Waals surface area contributed by atoms with Gasteiger partial charge in [0, 0.05) is 26.2 Å². The third-order valence-corrected chi connectivity index (χ3v) is 3.87. The number of carbonyl (C=O) groups is 1. The SMILES string of the molecule is CCCCCCN(CC)C(=O)N(CC)CCCCCC. The normalized spacial score (nSPS) is 10.6. The number of urea groups is 1. The summed E-state index contributed by atoms with van der Waals surface area (Å²) in [6.45, 7) is 12.1. The molecular weight excluding hydrogens is 248 g/mol. The summed E-state index contributed by atoms with van der Waals surface area (Å²) in [5, 5.41) is 0. The van der Waals surface area contributed by atoms with E-state index in [9.17, 15) is 4.79 Å². The summed E-state index contributed by atoms with van der Waals surface area (Å²) in [7, 11) is 0. The van der Waals surface area contributed by atoms with Gasteiger partial charge in [-0.2, -0.15) is 0 Å². The predicted molar refractivity (Wildman–Crippen MR) is 88.2 cm³/mol. The van der Waals surface area contributed by atoms with E-state index >= 15 is 0 Å². The number of unbranched alkanes of at least 4 members (excludes halogenated alkanes) is 6. The van der Waals surface area contributed by atoms with Gasteiger partial charge in [-0.15, -0.1) is 0 Å². The van der Waals surface area contributed by atoms with Gasteiger partial charge in [-0.25, -0.2) is 4.79 Å². The average Bonchev–Trinajstić information content (AvgIpc) is 2.47. The Labute approximate surface area is 126 Å². The Hall–Kier alpha value is -0.730. The number of rotatable bonds is 12. The van der Waals surface area contributed by atoms with Crippen molar-refractivity contribution in [2.24, 2.45) is 0 Å². The van der Waals surface area contributed by atoms with Crippen molar-refractivity contribution in [3.63, 3.8) is 0 Å². The highest BCUT2D eigenvalue weighted by atomic mass is 16.2. The molecule has 0 aromatic carbocycles. The number of hydrogen-bond acceptors (Lipinski definition) is 1. The van der Waals surface area contributed by atoms with Crippen LogP contribution in [0, 0.1) is 0 Å². The molecule has 0 aliphatic carbocycles. The van der Waals surface area contributed by atoms with Crippen molar-refractivity contribution in [1.82, 2.24) is 9.80 Å². The molecule has 0 aliphatic rings. The van der Waals surface area contributed by atoms with Crippen LogP contribution in [0.5, 0.6) is 0 Å². The molecule has 0 aliphatic heterocycles. The molecule has 2 amide bonds. The fraction of sp³-hybridized carbons (Fsp3) is 0.941.